The second-order valence-electron chi connectivity index (χ2n) is 6.71. The molecule has 4 heterocycles. The molecule has 4 rings (SSSR count). The van der Waals surface area contributed by atoms with Gasteiger partial charge in [0.05, 0.1) is 12.0 Å². The molecule has 2 aromatic rings. The largest absolute Gasteiger partial charge is 0.463 e. The number of sulfone groups is 1. The molecule has 2 aromatic heterocycles. The Morgan fingerprint density at radius 3 is 2.73 bits per heavy atom. The molecule has 0 radical (unpaired) electrons. The van der Waals surface area contributed by atoms with Crippen LogP contribution < -0.4 is 4.90 Å². The summed E-state index contributed by atoms with van der Waals surface area (Å²) in [6, 6.07) is 4.90. The predicted octanol–water partition coefficient (Wildman–Crippen LogP) is 2.60. The standard InChI is InChI=1S/C16H16F3N3O3S/c1-10-20-12(13-3-2-5-25-13)7-14(21-10)22-8-11-4-6-26(23,24)15(11,9-22)16(17,18)19/h2-3,5,7,11H,4,6,8-9H2,1H3/t11-,15+/m0/s1. The summed E-state index contributed by atoms with van der Waals surface area (Å²) < 4.78 is 68.7. The van der Waals surface area contributed by atoms with Crippen molar-refractivity contribution in [2.24, 2.45) is 5.92 Å². The number of hydrogen-bond acceptors (Lipinski definition) is 6. The molecule has 0 unspecified atom stereocenters. The Morgan fingerprint density at radius 1 is 1.35 bits per heavy atom. The van der Waals surface area contributed by atoms with Crippen LogP contribution in [0, 0.1) is 12.8 Å². The van der Waals surface area contributed by atoms with Crippen LogP contribution in [-0.4, -0.2) is 48.2 Å². The van der Waals surface area contributed by atoms with Crippen LogP contribution in [0.15, 0.2) is 28.9 Å². The quantitative estimate of drug-likeness (QED) is 0.789. The summed E-state index contributed by atoms with van der Waals surface area (Å²) in [6.45, 7) is 0.980. The van der Waals surface area contributed by atoms with E-state index in [1.165, 1.54) is 17.2 Å². The summed E-state index contributed by atoms with van der Waals surface area (Å²) in [5.41, 5.74) is 0.443. The number of aromatic nitrogens is 2. The second-order valence-corrected chi connectivity index (χ2v) is 9.07. The first-order chi connectivity index (χ1) is 12.1. The van der Waals surface area contributed by atoms with Crippen LogP contribution >= 0.6 is 0 Å². The Labute approximate surface area is 148 Å². The molecule has 2 atom stereocenters. The van der Waals surface area contributed by atoms with Crippen molar-refractivity contribution in [3.8, 4) is 11.5 Å². The van der Waals surface area contributed by atoms with Gasteiger partial charge in [-0.2, -0.15) is 13.2 Å². The van der Waals surface area contributed by atoms with Gasteiger partial charge < -0.3 is 9.32 Å². The van der Waals surface area contributed by atoms with Gasteiger partial charge in [0.2, 0.25) is 0 Å². The highest BCUT2D eigenvalue weighted by atomic mass is 32.2. The number of hydrogen-bond donors (Lipinski definition) is 0. The van der Waals surface area contributed by atoms with Crippen LogP contribution in [0.3, 0.4) is 0 Å². The van der Waals surface area contributed by atoms with Crippen molar-refractivity contribution in [2.75, 3.05) is 23.7 Å². The molecule has 0 aliphatic carbocycles. The van der Waals surface area contributed by atoms with Crippen molar-refractivity contribution in [1.29, 1.82) is 0 Å². The minimum Gasteiger partial charge on any atom is -0.463 e. The molecule has 0 bridgehead atoms. The van der Waals surface area contributed by atoms with E-state index in [0.717, 1.165) is 0 Å². The number of alkyl halides is 3. The summed E-state index contributed by atoms with van der Waals surface area (Å²) in [4.78, 5) is 9.87. The topological polar surface area (TPSA) is 76.3 Å². The first-order valence-corrected chi connectivity index (χ1v) is 9.73. The fraction of sp³-hybridized carbons (Fsp3) is 0.500. The molecule has 2 aliphatic rings. The third-order valence-electron chi connectivity index (χ3n) is 5.22. The van der Waals surface area contributed by atoms with Crippen LogP contribution in [0.25, 0.3) is 11.5 Å². The highest BCUT2D eigenvalue weighted by molar-refractivity contribution is 7.93. The predicted molar refractivity (Wildman–Crippen MR) is 87.4 cm³/mol. The van der Waals surface area contributed by atoms with Crippen molar-refractivity contribution < 1.29 is 26.0 Å². The highest BCUT2D eigenvalue weighted by Gasteiger charge is 2.73. The Hall–Kier alpha value is -2.10. The monoisotopic (exact) mass is 387 g/mol. The van der Waals surface area contributed by atoms with Gasteiger partial charge in [-0.25, -0.2) is 18.4 Å². The number of halogens is 3. The van der Waals surface area contributed by atoms with Crippen molar-refractivity contribution in [3.63, 3.8) is 0 Å². The van der Waals surface area contributed by atoms with Gasteiger partial charge >= 0.3 is 6.18 Å². The number of fused-ring (bicyclic) bond motifs is 1. The van der Waals surface area contributed by atoms with E-state index in [2.05, 4.69) is 9.97 Å². The van der Waals surface area contributed by atoms with Crippen LogP contribution in [0.5, 0.6) is 0 Å². The first kappa shape index (κ1) is 17.3. The summed E-state index contributed by atoms with van der Waals surface area (Å²) in [6.07, 6.45) is -3.35. The minimum atomic E-state index is -4.83. The van der Waals surface area contributed by atoms with Gasteiger partial charge in [-0.05, 0) is 25.5 Å². The Bertz CT molecular complexity index is 943. The lowest BCUT2D eigenvalue weighted by molar-refractivity contribution is -0.163. The molecule has 6 nitrogen and oxygen atoms in total. The third-order valence-corrected chi connectivity index (χ3v) is 7.79. The van der Waals surface area contributed by atoms with E-state index in [0.29, 0.717) is 17.3 Å². The molecule has 0 aromatic carbocycles. The Kier molecular flexibility index (Phi) is 3.63. The maximum Gasteiger partial charge on any atom is 0.410 e. The Balaban J connectivity index is 1.76. The molecule has 0 N–H and O–H groups in total. The molecule has 10 heteroatoms. The molecular weight excluding hydrogens is 371 g/mol. The zero-order valence-corrected chi connectivity index (χ0v) is 14.6. The van der Waals surface area contributed by atoms with Crippen molar-refractivity contribution in [1.82, 2.24) is 9.97 Å². The summed E-state index contributed by atoms with van der Waals surface area (Å²) in [5, 5.41) is 0. The number of nitrogens with zero attached hydrogens (tertiary/aromatic N) is 3. The van der Waals surface area contributed by atoms with Crippen molar-refractivity contribution in [2.45, 2.75) is 24.3 Å². The van der Waals surface area contributed by atoms with Gasteiger partial charge in [-0.15, -0.1) is 0 Å². The van der Waals surface area contributed by atoms with Crippen LogP contribution in [-0.2, 0) is 9.84 Å². The number of aryl methyl sites for hydroxylation is 1. The molecule has 0 amide bonds. The molecule has 26 heavy (non-hydrogen) atoms. The van der Waals surface area contributed by atoms with E-state index in [1.807, 2.05) is 0 Å². The fourth-order valence-corrected chi connectivity index (χ4v) is 6.35. The third kappa shape index (κ3) is 2.34. The average molecular weight is 387 g/mol. The number of furan rings is 1. The van der Waals surface area contributed by atoms with Crippen LogP contribution in [0.4, 0.5) is 19.0 Å². The number of rotatable bonds is 2. The van der Waals surface area contributed by atoms with E-state index < -0.39 is 39.0 Å². The van der Waals surface area contributed by atoms with Gasteiger partial charge in [-0.3, -0.25) is 0 Å². The second kappa shape index (κ2) is 5.45. The minimum absolute atomic E-state index is 0.00715. The van der Waals surface area contributed by atoms with Gasteiger partial charge in [0.1, 0.15) is 17.3 Å². The zero-order valence-electron chi connectivity index (χ0n) is 13.8. The Morgan fingerprint density at radius 2 is 2.12 bits per heavy atom. The van der Waals surface area contributed by atoms with E-state index in [9.17, 15) is 21.6 Å². The van der Waals surface area contributed by atoms with E-state index in [1.54, 1.807) is 19.1 Å². The molecule has 140 valence electrons. The molecule has 2 aliphatic heterocycles. The van der Waals surface area contributed by atoms with Gasteiger partial charge in [0.15, 0.2) is 20.3 Å². The summed E-state index contributed by atoms with van der Waals surface area (Å²) >= 11 is 0. The van der Waals surface area contributed by atoms with E-state index in [4.69, 9.17) is 4.42 Å². The zero-order chi connectivity index (χ0) is 18.7. The van der Waals surface area contributed by atoms with E-state index >= 15 is 0 Å². The van der Waals surface area contributed by atoms with Crippen molar-refractivity contribution in [3.05, 3.63) is 30.3 Å². The molecule has 2 fully saturated rings. The lowest BCUT2D eigenvalue weighted by atomic mass is 9.93. The SMILES string of the molecule is Cc1nc(-c2ccco2)cc(N2C[C@@H]3CCS(=O)(=O)[C@]3(C(F)(F)F)C2)n1. The molecule has 0 saturated carbocycles. The highest BCUT2D eigenvalue weighted by Crippen LogP contribution is 2.53. The lowest BCUT2D eigenvalue weighted by Crippen LogP contribution is -2.54. The van der Waals surface area contributed by atoms with Gasteiger partial charge in [-0.1, -0.05) is 0 Å². The van der Waals surface area contributed by atoms with Crippen LogP contribution in [0.1, 0.15) is 12.2 Å². The normalized spacial score (nSPS) is 27.7. The van der Waals surface area contributed by atoms with Crippen molar-refractivity contribution >= 4 is 15.7 Å². The molecule has 2 saturated heterocycles. The van der Waals surface area contributed by atoms with Crippen LogP contribution in [0.2, 0.25) is 0 Å². The summed E-state index contributed by atoms with van der Waals surface area (Å²) in [5.74, 6) is -0.304. The fourth-order valence-electron chi connectivity index (χ4n) is 3.98. The molecular formula is C16H16F3N3O3S. The average Bonchev–Trinajstić information content (AvgIpc) is 3.23. The maximum absolute atomic E-state index is 13.8. The van der Waals surface area contributed by atoms with Gasteiger partial charge in [0.25, 0.3) is 0 Å². The smallest absolute Gasteiger partial charge is 0.410 e. The maximum atomic E-state index is 13.8. The first-order valence-electron chi connectivity index (χ1n) is 8.07. The van der Waals surface area contributed by atoms with E-state index in [-0.39, 0.29) is 18.8 Å². The molecule has 0 spiro atoms. The lowest BCUT2D eigenvalue weighted by Gasteiger charge is -2.30. The number of anilines is 1. The summed E-state index contributed by atoms with van der Waals surface area (Å²) in [7, 11) is -4.28. The van der Waals surface area contributed by atoms with Gasteiger partial charge in [0, 0.05) is 25.1 Å².